The van der Waals surface area contributed by atoms with E-state index in [4.69, 9.17) is 4.52 Å². The summed E-state index contributed by atoms with van der Waals surface area (Å²) in [5.41, 5.74) is 3.37. The first-order valence-corrected chi connectivity index (χ1v) is 10.1. The Kier molecular flexibility index (Phi) is 6.00. The predicted molar refractivity (Wildman–Crippen MR) is 111 cm³/mol. The average molecular weight is 390 g/mol. The highest BCUT2D eigenvalue weighted by molar-refractivity contribution is 5.78. The van der Waals surface area contributed by atoms with Crippen LogP contribution in [0.1, 0.15) is 29.9 Å². The molecule has 0 bridgehead atoms. The van der Waals surface area contributed by atoms with E-state index in [1.807, 2.05) is 37.3 Å². The number of benzene rings is 2. The van der Waals surface area contributed by atoms with Crippen molar-refractivity contribution in [1.29, 1.82) is 0 Å². The van der Waals surface area contributed by atoms with Crippen LogP contribution < -0.4 is 5.32 Å². The zero-order chi connectivity index (χ0) is 20.1. The van der Waals surface area contributed by atoms with Gasteiger partial charge in [-0.25, -0.2) is 0 Å². The summed E-state index contributed by atoms with van der Waals surface area (Å²) in [6.07, 6.45) is 1.74. The molecule has 2 aromatic carbocycles. The maximum absolute atomic E-state index is 12.5. The van der Waals surface area contributed by atoms with Crippen molar-refractivity contribution < 1.29 is 9.32 Å². The van der Waals surface area contributed by atoms with Gasteiger partial charge in [-0.15, -0.1) is 0 Å². The van der Waals surface area contributed by atoms with Gasteiger partial charge in [0.15, 0.2) is 0 Å². The molecule has 0 aliphatic carbocycles. The van der Waals surface area contributed by atoms with E-state index in [0.717, 1.165) is 43.6 Å². The van der Waals surface area contributed by atoms with Gasteiger partial charge in [0.1, 0.15) is 0 Å². The first-order valence-electron chi connectivity index (χ1n) is 10.1. The minimum absolute atomic E-state index is 0.0428. The summed E-state index contributed by atoms with van der Waals surface area (Å²) < 4.78 is 5.30. The number of carbonyl (C=O) groups excluding carboxylic acids is 1. The number of hydrogen-bond donors (Lipinski definition) is 1. The van der Waals surface area contributed by atoms with Crippen molar-refractivity contribution >= 4 is 5.91 Å². The molecule has 4 rings (SSSR count). The second-order valence-electron chi connectivity index (χ2n) is 7.64. The minimum Gasteiger partial charge on any atom is -0.347 e. The maximum atomic E-state index is 12.5. The molecule has 1 aliphatic rings. The summed E-state index contributed by atoms with van der Waals surface area (Å²) in [7, 11) is 0. The predicted octanol–water partition coefficient (Wildman–Crippen LogP) is 3.57. The smallest absolute Gasteiger partial charge is 0.246 e. The van der Waals surface area contributed by atoms with Crippen molar-refractivity contribution in [3.05, 3.63) is 71.6 Å². The Morgan fingerprint density at radius 2 is 1.93 bits per heavy atom. The Balaban J connectivity index is 1.24. The van der Waals surface area contributed by atoms with E-state index in [9.17, 15) is 4.79 Å². The Bertz CT molecular complexity index is 946. The van der Waals surface area contributed by atoms with E-state index in [2.05, 4.69) is 44.6 Å². The number of rotatable bonds is 6. The Morgan fingerprint density at radius 1 is 1.14 bits per heavy atom. The van der Waals surface area contributed by atoms with Gasteiger partial charge in [-0.1, -0.05) is 59.3 Å². The molecule has 0 spiro atoms. The highest BCUT2D eigenvalue weighted by Gasteiger charge is 2.25. The second-order valence-corrected chi connectivity index (χ2v) is 7.64. The fraction of sp³-hybridized carbons (Fsp3) is 0.348. The van der Waals surface area contributed by atoms with E-state index >= 15 is 0 Å². The standard InChI is InChI=1S/C23H26N4O2/c1-17-6-5-9-20(14-17)22-25-21(29-26-22)15-24-23(28)19-10-12-27(13-11-19)16-18-7-3-2-4-8-18/h2-9,14,19H,10-13,15-16H2,1H3,(H,24,28). The number of likely N-dealkylation sites (tertiary alicyclic amines) is 1. The third-order valence-corrected chi connectivity index (χ3v) is 5.37. The summed E-state index contributed by atoms with van der Waals surface area (Å²) in [5, 5.41) is 6.98. The van der Waals surface area contributed by atoms with Crippen LogP contribution in [0.15, 0.2) is 59.1 Å². The fourth-order valence-electron chi connectivity index (χ4n) is 3.73. The molecule has 29 heavy (non-hydrogen) atoms. The number of amides is 1. The van der Waals surface area contributed by atoms with Gasteiger partial charge in [-0.3, -0.25) is 9.69 Å². The van der Waals surface area contributed by atoms with Gasteiger partial charge in [-0.2, -0.15) is 4.98 Å². The van der Waals surface area contributed by atoms with Crippen molar-refractivity contribution in [2.75, 3.05) is 13.1 Å². The van der Waals surface area contributed by atoms with Crippen LogP contribution in [0.4, 0.5) is 0 Å². The molecule has 1 fully saturated rings. The lowest BCUT2D eigenvalue weighted by atomic mass is 9.95. The quantitative estimate of drug-likeness (QED) is 0.697. The topological polar surface area (TPSA) is 71.3 Å². The third kappa shape index (κ3) is 5.09. The van der Waals surface area contributed by atoms with Crippen LogP contribution in [-0.2, 0) is 17.9 Å². The van der Waals surface area contributed by atoms with Gasteiger partial charge >= 0.3 is 0 Å². The largest absolute Gasteiger partial charge is 0.347 e. The molecule has 6 nitrogen and oxygen atoms in total. The SMILES string of the molecule is Cc1cccc(-c2noc(CNC(=O)C3CCN(Cc4ccccc4)CC3)n2)c1. The summed E-state index contributed by atoms with van der Waals surface area (Å²) >= 11 is 0. The molecule has 1 aliphatic heterocycles. The fourth-order valence-corrected chi connectivity index (χ4v) is 3.73. The lowest BCUT2D eigenvalue weighted by Gasteiger charge is -2.31. The number of nitrogens with one attached hydrogen (secondary N) is 1. The summed E-state index contributed by atoms with van der Waals surface area (Å²) in [6.45, 7) is 5.10. The van der Waals surface area contributed by atoms with Crippen molar-refractivity contribution in [2.45, 2.75) is 32.9 Å². The molecule has 6 heteroatoms. The van der Waals surface area contributed by atoms with Gasteiger partial charge in [-0.05, 0) is 44.5 Å². The molecule has 1 aromatic heterocycles. The van der Waals surface area contributed by atoms with E-state index in [1.54, 1.807) is 0 Å². The lowest BCUT2D eigenvalue weighted by Crippen LogP contribution is -2.40. The number of nitrogens with zero attached hydrogens (tertiary/aromatic N) is 3. The molecule has 0 unspecified atom stereocenters. The monoisotopic (exact) mass is 390 g/mol. The highest BCUT2D eigenvalue weighted by atomic mass is 16.5. The van der Waals surface area contributed by atoms with Crippen LogP contribution in [0.5, 0.6) is 0 Å². The van der Waals surface area contributed by atoms with E-state index in [0.29, 0.717) is 11.7 Å². The molecular formula is C23H26N4O2. The van der Waals surface area contributed by atoms with Gasteiger partial charge in [0.2, 0.25) is 17.6 Å². The van der Waals surface area contributed by atoms with Crippen LogP contribution in [0.3, 0.4) is 0 Å². The molecule has 3 aromatic rings. The Labute approximate surface area is 170 Å². The van der Waals surface area contributed by atoms with Crippen LogP contribution >= 0.6 is 0 Å². The minimum atomic E-state index is 0.0428. The first kappa shape index (κ1) is 19.3. The van der Waals surface area contributed by atoms with E-state index < -0.39 is 0 Å². The maximum Gasteiger partial charge on any atom is 0.246 e. The Morgan fingerprint density at radius 3 is 2.69 bits per heavy atom. The first-order chi connectivity index (χ1) is 14.2. The van der Waals surface area contributed by atoms with Crippen molar-refractivity contribution in [3.63, 3.8) is 0 Å². The van der Waals surface area contributed by atoms with Crippen molar-refractivity contribution in [1.82, 2.24) is 20.4 Å². The summed E-state index contributed by atoms with van der Waals surface area (Å²) in [6, 6.07) is 18.4. The highest BCUT2D eigenvalue weighted by Crippen LogP contribution is 2.20. The van der Waals surface area contributed by atoms with Gasteiger partial charge < -0.3 is 9.84 Å². The number of piperidine rings is 1. The molecule has 0 atom stereocenters. The van der Waals surface area contributed by atoms with Gasteiger partial charge in [0.05, 0.1) is 6.54 Å². The molecule has 0 saturated carbocycles. The second kappa shape index (κ2) is 9.01. The number of carbonyl (C=O) groups is 1. The summed E-state index contributed by atoms with van der Waals surface area (Å²) in [4.78, 5) is 19.3. The number of aryl methyl sites for hydroxylation is 1. The molecule has 1 amide bonds. The summed E-state index contributed by atoms with van der Waals surface area (Å²) in [5.74, 6) is 1.09. The average Bonchev–Trinajstić information content (AvgIpc) is 3.22. The zero-order valence-electron chi connectivity index (χ0n) is 16.7. The Hall–Kier alpha value is -2.99. The molecule has 0 radical (unpaired) electrons. The molecular weight excluding hydrogens is 364 g/mol. The zero-order valence-corrected chi connectivity index (χ0v) is 16.7. The van der Waals surface area contributed by atoms with Crippen LogP contribution in [0.25, 0.3) is 11.4 Å². The van der Waals surface area contributed by atoms with Crippen LogP contribution in [0.2, 0.25) is 0 Å². The molecule has 150 valence electrons. The van der Waals surface area contributed by atoms with Crippen LogP contribution in [-0.4, -0.2) is 34.0 Å². The molecule has 1 saturated heterocycles. The van der Waals surface area contributed by atoms with E-state index in [-0.39, 0.29) is 18.4 Å². The number of aromatic nitrogens is 2. The van der Waals surface area contributed by atoms with E-state index in [1.165, 1.54) is 5.56 Å². The van der Waals surface area contributed by atoms with Crippen LogP contribution in [0, 0.1) is 12.8 Å². The van der Waals surface area contributed by atoms with Crippen molar-refractivity contribution in [2.24, 2.45) is 5.92 Å². The normalized spacial score (nSPS) is 15.3. The number of hydrogen-bond acceptors (Lipinski definition) is 5. The van der Waals surface area contributed by atoms with Crippen molar-refractivity contribution in [3.8, 4) is 11.4 Å². The third-order valence-electron chi connectivity index (χ3n) is 5.37. The van der Waals surface area contributed by atoms with Gasteiger partial charge in [0.25, 0.3) is 0 Å². The lowest BCUT2D eigenvalue weighted by molar-refractivity contribution is -0.126. The van der Waals surface area contributed by atoms with Gasteiger partial charge in [0, 0.05) is 18.0 Å². The molecule has 1 N–H and O–H groups in total. The molecule has 2 heterocycles.